The molecule has 0 aliphatic heterocycles. The van der Waals surface area contributed by atoms with E-state index >= 15 is 0 Å². The van der Waals surface area contributed by atoms with E-state index in [9.17, 15) is 0 Å². The SMILES string of the molecule is Cc1cccc(-c2noc(N)c2-c2cccnc2)c1C. The summed E-state index contributed by atoms with van der Waals surface area (Å²) in [6.45, 7) is 4.15. The van der Waals surface area contributed by atoms with E-state index in [0.717, 1.165) is 22.4 Å². The van der Waals surface area contributed by atoms with Gasteiger partial charge in [0.05, 0.1) is 5.56 Å². The fourth-order valence-corrected chi connectivity index (χ4v) is 2.28. The molecule has 3 aromatic rings. The topological polar surface area (TPSA) is 64.9 Å². The van der Waals surface area contributed by atoms with Gasteiger partial charge in [-0.25, -0.2) is 0 Å². The van der Waals surface area contributed by atoms with Crippen LogP contribution in [0.1, 0.15) is 11.1 Å². The van der Waals surface area contributed by atoms with Crippen molar-refractivity contribution < 1.29 is 4.52 Å². The van der Waals surface area contributed by atoms with Crippen LogP contribution in [0, 0.1) is 13.8 Å². The standard InChI is InChI=1S/C16H15N3O/c1-10-5-3-7-13(11(10)2)15-14(16(17)20-19-15)12-6-4-8-18-9-12/h3-9H,17H2,1-2H3. The molecule has 2 N–H and O–H groups in total. The highest BCUT2D eigenvalue weighted by Crippen LogP contribution is 2.37. The molecule has 3 rings (SSSR count). The third kappa shape index (κ3) is 1.95. The highest BCUT2D eigenvalue weighted by Gasteiger charge is 2.19. The average Bonchev–Trinajstić information content (AvgIpc) is 2.84. The number of hydrogen-bond donors (Lipinski definition) is 1. The van der Waals surface area contributed by atoms with Crippen LogP contribution in [0.25, 0.3) is 22.4 Å². The second-order valence-electron chi connectivity index (χ2n) is 4.76. The number of nitrogens with two attached hydrogens (primary N) is 1. The Kier molecular flexibility index (Phi) is 2.99. The molecule has 0 unspecified atom stereocenters. The van der Waals surface area contributed by atoms with E-state index in [2.05, 4.69) is 30.1 Å². The molecule has 0 spiro atoms. The monoisotopic (exact) mass is 265 g/mol. The first-order valence-electron chi connectivity index (χ1n) is 6.40. The highest BCUT2D eigenvalue weighted by atomic mass is 16.5. The van der Waals surface area contributed by atoms with E-state index < -0.39 is 0 Å². The largest absolute Gasteiger partial charge is 0.367 e. The third-order valence-electron chi connectivity index (χ3n) is 3.53. The molecule has 1 aromatic carbocycles. The van der Waals surface area contributed by atoms with Crippen LogP contribution in [-0.2, 0) is 0 Å². The zero-order valence-electron chi connectivity index (χ0n) is 11.4. The number of hydrogen-bond acceptors (Lipinski definition) is 4. The Morgan fingerprint density at radius 3 is 2.70 bits per heavy atom. The predicted molar refractivity (Wildman–Crippen MR) is 79.1 cm³/mol. The van der Waals surface area contributed by atoms with Crippen LogP contribution in [-0.4, -0.2) is 10.1 Å². The van der Waals surface area contributed by atoms with Crippen molar-refractivity contribution in [2.45, 2.75) is 13.8 Å². The predicted octanol–water partition coefficient (Wildman–Crippen LogP) is 3.60. The summed E-state index contributed by atoms with van der Waals surface area (Å²) in [6, 6.07) is 9.93. The summed E-state index contributed by atoms with van der Waals surface area (Å²) in [7, 11) is 0. The Hall–Kier alpha value is -2.62. The smallest absolute Gasteiger partial charge is 0.230 e. The van der Waals surface area contributed by atoms with Gasteiger partial charge in [0.2, 0.25) is 5.88 Å². The molecule has 0 bridgehead atoms. The number of aromatic nitrogens is 2. The first kappa shape index (κ1) is 12.4. The van der Waals surface area contributed by atoms with E-state index in [1.807, 2.05) is 24.3 Å². The van der Waals surface area contributed by atoms with Gasteiger partial charge in [0, 0.05) is 23.5 Å². The fourth-order valence-electron chi connectivity index (χ4n) is 2.28. The van der Waals surface area contributed by atoms with E-state index in [4.69, 9.17) is 10.3 Å². The molecule has 2 heterocycles. The van der Waals surface area contributed by atoms with Crippen molar-refractivity contribution in [3.63, 3.8) is 0 Å². The van der Waals surface area contributed by atoms with Gasteiger partial charge in [0.1, 0.15) is 5.69 Å². The Labute approximate surface area is 117 Å². The average molecular weight is 265 g/mol. The summed E-state index contributed by atoms with van der Waals surface area (Å²) in [6.07, 6.45) is 3.49. The van der Waals surface area contributed by atoms with Crippen molar-refractivity contribution >= 4 is 5.88 Å². The summed E-state index contributed by atoms with van der Waals surface area (Å²) >= 11 is 0. The van der Waals surface area contributed by atoms with Gasteiger partial charge in [0.15, 0.2) is 0 Å². The Bertz CT molecular complexity index is 748. The van der Waals surface area contributed by atoms with E-state index in [0.29, 0.717) is 5.88 Å². The lowest BCUT2D eigenvalue weighted by atomic mass is 9.96. The van der Waals surface area contributed by atoms with Gasteiger partial charge in [-0.15, -0.1) is 0 Å². The second-order valence-corrected chi connectivity index (χ2v) is 4.76. The van der Waals surface area contributed by atoms with Crippen molar-refractivity contribution in [1.82, 2.24) is 10.1 Å². The number of anilines is 1. The molecule has 0 aliphatic carbocycles. The highest BCUT2D eigenvalue weighted by molar-refractivity contribution is 5.87. The maximum Gasteiger partial charge on any atom is 0.230 e. The minimum Gasteiger partial charge on any atom is -0.367 e. The Morgan fingerprint density at radius 2 is 1.95 bits per heavy atom. The number of pyridine rings is 1. The molecule has 0 radical (unpaired) electrons. The maximum atomic E-state index is 5.94. The zero-order chi connectivity index (χ0) is 14.1. The molecule has 0 aliphatic rings. The van der Waals surface area contributed by atoms with Crippen LogP contribution in [0.3, 0.4) is 0 Å². The normalized spacial score (nSPS) is 10.7. The molecule has 20 heavy (non-hydrogen) atoms. The summed E-state index contributed by atoms with van der Waals surface area (Å²) in [4.78, 5) is 4.13. The first-order valence-corrected chi connectivity index (χ1v) is 6.40. The minimum absolute atomic E-state index is 0.314. The number of nitrogen functional groups attached to an aromatic ring is 1. The van der Waals surface area contributed by atoms with Gasteiger partial charge in [-0.1, -0.05) is 29.4 Å². The molecule has 0 saturated heterocycles. The van der Waals surface area contributed by atoms with Gasteiger partial charge >= 0.3 is 0 Å². The number of rotatable bonds is 2. The molecular formula is C16H15N3O. The van der Waals surface area contributed by atoms with E-state index in [-0.39, 0.29) is 0 Å². The summed E-state index contributed by atoms with van der Waals surface area (Å²) in [5.74, 6) is 0.314. The lowest BCUT2D eigenvalue weighted by molar-refractivity contribution is 0.439. The molecule has 0 amide bonds. The minimum atomic E-state index is 0.314. The molecule has 4 heteroatoms. The van der Waals surface area contributed by atoms with Crippen molar-refractivity contribution in [3.05, 3.63) is 53.9 Å². The van der Waals surface area contributed by atoms with Crippen LogP contribution >= 0.6 is 0 Å². The third-order valence-corrected chi connectivity index (χ3v) is 3.53. The molecular weight excluding hydrogens is 250 g/mol. The van der Waals surface area contributed by atoms with Crippen molar-refractivity contribution in [3.8, 4) is 22.4 Å². The van der Waals surface area contributed by atoms with Gasteiger partial charge in [-0.3, -0.25) is 4.98 Å². The van der Waals surface area contributed by atoms with Crippen LogP contribution in [0.15, 0.2) is 47.2 Å². The maximum absolute atomic E-state index is 5.94. The quantitative estimate of drug-likeness (QED) is 0.768. The Balaban J connectivity index is 2.24. The molecule has 0 fully saturated rings. The summed E-state index contributed by atoms with van der Waals surface area (Å²) in [5, 5.41) is 4.14. The lowest BCUT2D eigenvalue weighted by Gasteiger charge is -2.07. The van der Waals surface area contributed by atoms with Gasteiger partial charge in [-0.2, -0.15) is 0 Å². The van der Waals surface area contributed by atoms with Crippen LogP contribution in [0.4, 0.5) is 5.88 Å². The number of nitrogens with zero attached hydrogens (tertiary/aromatic N) is 2. The summed E-state index contributed by atoms with van der Waals surface area (Å²) in [5.41, 5.74) is 11.8. The second kappa shape index (κ2) is 4.81. The van der Waals surface area contributed by atoms with E-state index in [1.165, 1.54) is 11.1 Å². The van der Waals surface area contributed by atoms with Gasteiger partial charge in [-0.05, 0) is 31.0 Å². The van der Waals surface area contributed by atoms with Crippen molar-refractivity contribution in [2.24, 2.45) is 0 Å². The van der Waals surface area contributed by atoms with Crippen molar-refractivity contribution in [1.29, 1.82) is 0 Å². The number of aryl methyl sites for hydroxylation is 1. The van der Waals surface area contributed by atoms with Crippen LogP contribution in [0.5, 0.6) is 0 Å². The zero-order valence-corrected chi connectivity index (χ0v) is 11.4. The number of benzene rings is 1. The van der Waals surface area contributed by atoms with Crippen LogP contribution in [0.2, 0.25) is 0 Å². The molecule has 2 aromatic heterocycles. The van der Waals surface area contributed by atoms with Gasteiger partial charge < -0.3 is 10.3 Å². The fraction of sp³-hybridized carbons (Fsp3) is 0.125. The van der Waals surface area contributed by atoms with Crippen LogP contribution < -0.4 is 5.73 Å². The molecule has 0 saturated carbocycles. The summed E-state index contributed by atoms with van der Waals surface area (Å²) < 4.78 is 5.20. The van der Waals surface area contributed by atoms with Crippen molar-refractivity contribution in [2.75, 3.05) is 5.73 Å². The first-order chi connectivity index (χ1) is 9.68. The van der Waals surface area contributed by atoms with E-state index in [1.54, 1.807) is 12.4 Å². The molecule has 0 atom stereocenters. The molecule has 4 nitrogen and oxygen atoms in total. The van der Waals surface area contributed by atoms with Gasteiger partial charge in [0.25, 0.3) is 0 Å². The lowest BCUT2D eigenvalue weighted by Crippen LogP contribution is -1.91. The molecule has 100 valence electrons. The Morgan fingerprint density at radius 1 is 1.10 bits per heavy atom.